The number of benzene rings is 2. The van der Waals surface area contributed by atoms with E-state index in [9.17, 15) is 9.18 Å². The lowest BCUT2D eigenvalue weighted by atomic mass is 10.2. The fourth-order valence-corrected chi connectivity index (χ4v) is 1.94. The quantitative estimate of drug-likeness (QED) is 0.888. The van der Waals surface area contributed by atoms with E-state index in [0.29, 0.717) is 21.5 Å². The Bertz CT molecular complexity index is 631. The van der Waals surface area contributed by atoms with Gasteiger partial charge in [-0.1, -0.05) is 22.0 Å². The highest BCUT2D eigenvalue weighted by Gasteiger charge is 2.05. The summed E-state index contributed by atoms with van der Waals surface area (Å²) in [6.45, 7) is 0.128. The summed E-state index contributed by atoms with van der Waals surface area (Å²) in [7, 11) is 1.29. The van der Waals surface area contributed by atoms with E-state index in [4.69, 9.17) is 4.74 Å². The number of methoxy groups -OCH3 is 1. The Labute approximate surface area is 130 Å². The molecule has 0 aliphatic heterocycles. The van der Waals surface area contributed by atoms with Crippen molar-refractivity contribution in [1.82, 2.24) is 0 Å². The number of carbonyl (C=O) groups is 1. The minimum atomic E-state index is -0.541. The van der Waals surface area contributed by atoms with Crippen molar-refractivity contribution in [2.75, 3.05) is 12.4 Å². The van der Waals surface area contributed by atoms with Crippen LogP contribution in [0.15, 0.2) is 46.9 Å². The van der Waals surface area contributed by atoms with Gasteiger partial charge in [0, 0.05) is 15.7 Å². The van der Waals surface area contributed by atoms with E-state index >= 15 is 0 Å². The van der Waals surface area contributed by atoms with Gasteiger partial charge in [-0.05, 0) is 36.4 Å². The van der Waals surface area contributed by atoms with Gasteiger partial charge in [0.2, 0.25) is 0 Å². The maximum Gasteiger partial charge on any atom is 0.411 e. The van der Waals surface area contributed by atoms with Crippen molar-refractivity contribution in [1.29, 1.82) is 0 Å². The maximum atomic E-state index is 13.6. The minimum Gasteiger partial charge on any atom is -0.489 e. The number of hydrogen-bond acceptors (Lipinski definition) is 3. The molecule has 6 heteroatoms. The average Bonchev–Trinajstić information content (AvgIpc) is 2.48. The molecule has 21 heavy (non-hydrogen) atoms. The molecular formula is C15H13BrFNO3. The number of carbonyl (C=O) groups excluding carboxylic acids is 1. The second-order valence-electron chi connectivity index (χ2n) is 4.17. The summed E-state index contributed by atoms with van der Waals surface area (Å²) in [5.74, 6) is 0.251. The normalized spacial score (nSPS) is 10.0. The molecule has 1 N–H and O–H groups in total. The molecule has 2 rings (SSSR count). The largest absolute Gasteiger partial charge is 0.489 e. The lowest BCUT2D eigenvalue weighted by molar-refractivity contribution is 0.187. The lowest BCUT2D eigenvalue weighted by Crippen LogP contribution is -2.10. The van der Waals surface area contributed by atoms with Crippen molar-refractivity contribution in [3.8, 4) is 5.75 Å². The third-order valence-corrected chi connectivity index (χ3v) is 3.19. The van der Waals surface area contributed by atoms with Gasteiger partial charge in [0.25, 0.3) is 0 Å². The molecule has 110 valence electrons. The van der Waals surface area contributed by atoms with Crippen LogP contribution in [0.2, 0.25) is 0 Å². The Morgan fingerprint density at radius 1 is 1.24 bits per heavy atom. The van der Waals surface area contributed by atoms with Gasteiger partial charge >= 0.3 is 6.09 Å². The highest BCUT2D eigenvalue weighted by Crippen LogP contribution is 2.19. The average molecular weight is 354 g/mol. The van der Waals surface area contributed by atoms with Gasteiger partial charge in [0.15, 0.2) is 0 Å². The van der Waals surface area contributed by atoms with Crippen LogP contribution in [0.25, 0.3) is 0 Å². The Morgan fingerprint density at radius 3 is 2.57 bits per heavy atom. The highest BCUT2D eigenvalue weighted by atomic mass is 79.9. The molecule has 0 saturated carbocycles. The van der Waals surface area contributed by atoms with Crippen molar-refractivity contribution in [3.05, 3.63) is 58.3 Å². The monoisotopic (exact) mass is 353 g/mol. The Morgan fingerprint density at radius 2 is 1.95 bits per heavy atom. The summed E-state index contributed by atoms with van der Waals surface area (Å²) in [6.07, 6.45) is -0.541. The van der Waals surface area contributed by atoms with E-state index in [2.05, 4.69) is 26.0 Å². The van der Waals surface area contributed by atoms with E-state index in [1.54, 1.807) is 36.4 Å². The number of halogens is 2. The summed E-state index contributed by atoms with van der Waals surface area (Å²) in [6, 6.07) is 11.5. The van der Waals surface area contributed by atoms with Gasteiger partial charge in [-0.2, -0.15) is 0 Å². The number of nitrogens with one attached hydrogen (secondary N) is 1. The Kier molecular flexibility index (Phi) is 5.16. The van der Waals surface area contributed by atoms with Gasteiger partial charge in [-0.25, -0.2) is 9.18 Å². The molecule has 0 unspecified atom stereocenters. The molecule has 0 aromatic heterocycles. The Balaban J connectivity index is 1.96. The zero-order valence-electron chi connectivity index (χ0n) is 11.2. The molecule has 0 aliphatic rings. The number of rotatable bonds is 4. The Hall–Kier alpha value is -2.08. The molecule has 0 spiro atoms. The molecule has 2 aromatic rings. The van der Waals surface area contributed by atoms with Crippen LogP contribution in [-0.2, 0) is 11.3 Å². The number of anilines is 1. The van der Waals surface area contributed by atoms with Crippen LogP contribution in [-0.4, -0.2) is 13.2 Å². The summed E-state index contributed by atoms with van der Waals surface area (Å²) in [5.41, 5.74) is 1.05. The fraction of sp³-hybridized carbons (Fsp3) is 0.133. The molecular weight excluding hydrogens is 341 g/mol. The van der Waals surface area contributed by atoms with Crippen LogP contribution >= 0.6 is 15.9 Å². The summed E-state index contributed by atoms with van der Waals surface area (Å²) < 4.78 is 24.3. The van der Waals surface area contributed by atoms with Gasteiger partial charge in [0.1, 0.15) is 18.2 Å². The fourth-order valence-electron chi connectivity index (χ4n) is 1.60. The lowest BCUT2D eigenvalue weighted by Gasteiger charge is -2.09. The van der Waals surface area contributed by atoms with Gasteiger partial charge in [-0.3, -0.25) is 5.32 Å². The topological polar surface area (TPSA) is 47.6 Å². The van der Waals surface area contributed by atoms with Crippen molar-refractivity contribution < 1.29 is 18.7 Å². The molecule has 2 aromatic carbocycles. The van der Waals surface area contributed by atoms with Crippen molar-refractivity contribution in [2.24, 2.45) is 0 Å². The van der Waals surface area contributed by atoms with Gasteiger partial charge in [-0.15, -0.1) is 0 Å². The van der Waals surface area contributed by atoms with E-state index in [-0.39, 0.29) is 12.4 Å². The van der Waals surface area contributed by atoms with Crippen molar-refractivity contribution in [3.63, 3.8) is 0 Å². The van der Waals surface area contributed by atoms with Gasteiger partial charge in [0.05, 0.1) is 7.11 Å². The predicted molar refractivity (Wildman–Crippen MR) is 80.9 cm³/mol. The first-order valence-corrected chi connectivity index (χ1v) is 6.89. The molecule has 0 atom stereocenters. The summed E-state index contributed by atoms with van der Waals surface area (Å²) in [5, 5.41) is 2.53. The molecule has 0 radical (unpaired) electrons. The first kappa shape index (κ1) is 15.3. The second-order valence-corrected chi connectivity index (χ2v) is 5.08. The molecule has 0 aliphatic carbocycles. The van der Waals surface area contributed by atoms with E-state index in [1.807, 2.05) is 0 Å². The number of hydrogen-bond donors (Lipinski definition) is 1. The van der Waals surface area contributed by atoms with Crippen LogP contribution in [0.1, 0.15) is 5.56 Å². The number of amides is 1. The van der Waals surface area contributed by atoms with Crippen molar-refractivity contribution >= 4 is 27.7 Å². The second kappa shape index (κ2) is 7.08. The molecule has 0 bridgehead atoms. The summed E-state index contributed by atoms with van der Waals surface area (Å²) in [4.78, 5) is 11.0. The molecule has 1 amide bonds. The standard InChI is InChI=1S/C15H13BrFNO3/c1-20-15(19)18-12-4-6-13(7-5-12)21-9-10-2-3-11(16)8-14(10)17/h2-8H,9H2,1H3,(H,18,19). The van der Waals surface area contributed by atoms with Crippen LogP contribution < -0.4 is 10.1 Å². The van der Waals surface area contributed by atoms with Crippen LogP contribution in [0.4, 0.5) is 14.9 Å². The van der Waals surface area contributed by atoms with Crippen LogP contribution in [0.5, 0.6) is 5.75 Å². The zero-order chi connectivity index (χ0) is 15.2. The minimum absolute atomic E-state index is 0.128. The molecule has 0 heterocycles. The maximum absolute atomic E-state index is 13.6. The van der Waals surface area contributed by atoms with E-state index in [0.717, 1.165) is 0 Å². The first-order valence-electron chi connectivity index (χ1n) is 6.10. The van der Waals surface area contributed by atoms with E-state index < -0.39 is 6.09 Å². The third kappa shape index (κ3) is 4.46. The summed E-state index contributed by atoms with van der Waals surface area (Å²) >= 11 is 3.20. The predicted octanol–water partition coefficient (Wildman–Crippen LogP) is 4.35. The molecule has 4 nitrogen and oxygen atoms in total. The van der Waals surface area contributed by atoms with Crippen molar-refractivity contribution in [2.45, 2.75) is 6.61 Å². The number of ether oxygens (including phenoxy) is 2. The smallest absolute Gasteiger partial charge is 0.411 e. The molecule has 0 fully saturated rings. The third-order valence-electron chi connectivity index (χ3n) is 2.70. The highest BCUT2D eigenvalue weighted by molar-refractivity contribution is 9.10. The van der Waals surface area contributed by atoms with Crippen LogP contribution in [0.3, 0.4) is 0 Å². The first-order chi connectivity index (χ1) is 10.1. The van der Waals surface area contributed by atoms with Crippen LogP contribution in [0, 0.1) is 5.82 Å². The van der Waals surface area contributed by atoms with E-state index in [1.165, 1.54) is 13.2 Å². The van der Waals surface area contributed by atoms with Gasteiger partial charge < -0.3 is 9.47 Å². The molecule has 0 saturated heterocycles. The SMILES string of the molecule is COC(=O)Nc1ccc(OCc2ccc(Br)cc2F)cc1. The zero-order valence-corrected chi connectivity index (χ0v) is 12.8.